The predicted octanol–water partition coefficient (Wildman–Crippen LogP) is 3.75. The van der Waals surface area contributed by atoms with Crippen LogP contribution in [-0.2, 0) is 13.0 Å². The van der Waals surface area contributed by atoms with E-state index >= 15 is 0 Å². The molecular formula is C20H28FN3O3. The number of amides is 1. The van der Waals surface area contributed by atoms with Crippen molar-refractivity contribution < 1.29 is 18.7 Å². The van der Waals surface area contributed by atoms with Gasteiger partial charge in [-0.15, -0.1) is 0 Å². The summed E-state index contributed by atoms with van der Waals surface area (Å²) in [6, 6.07) is 2.26. The molecule has 0 radical (unpaired) electrons. The molecule has 1 N–H and O–H groups in total. The van der Waals surface area contributed by atoms with Crippen LogP contribution in [-0.4, -0.2) is 29.9 Å². The first kappa shape index (κ1) is 20.7. The first-order valence-electron chi connectivity index (χ1n) is 9.09. The Balaban J connectivity index is 2.25. The molecule has 0 fully saturated rings. The Labute approximate surface area is 159 Å². The second-order valence-corrected chi connectivity index (χ2v) is 6.86. The Morgan fingerprint density at radius 2 is 1.85 bits per heavy atom. The van der Waals surface area contributed by atoms with Crippen molar-refractivity contribution in [3.63, 3.8) is 0 Å². The van der Waals surface area contributed by atoms with Crippen LogP contribution in [0.5, 0.6) is 11.5 Å². The standard InChI is InChI=1S/C20H28FN3O3/c1-7-17-15(10-22-24(17)11-12(2)3)20(25)23-13(4)14-8-18(26-5)19(27-6)9-16(14)21/h8-10,12-13H,7,11H2,1-6H3,(H,23,25)/t13-/m1/s1. The second-order valence-electron chi connectivity index (χ2n) is 6.86. The highest BCUT2D eigenvalue weighted by molar-refractivity contribution is 5.95. The lowest BCUT2D eigenvalue weighted by atomic mass is 10.1. The summed E-state index contributed by atoms with van der Waals surface area (Å²) in [6.07, 6.45) is 2.27. The molecule has 0 aliphatic heterocycles. The molecule has 0 unspecified atom stereocenters. The maximum Gasteiger partial charge on any atom is 0.255 e. The number of halogens is 1. The molecule has 1 amide bonds. The highest BCUT2D eigenvalue weighted by Gasteiger charge is 2.21. The van der Waals surface area contributed by atoms with Gasteiger partial charge in [-0.3, -0.25) is 9.48 Å². The van der Waals surface area contributed by atoms with Gasteiger partial charge in [-0.05, 0) is 25.3 Å². The van der Waals surface area contributed by atoms with Crippen LogP contribution >= 0.6 is 0 Å². The highest BCUT2D eigenvalue weighted by atomic mass is 19.1. The summed E-state index contributed by atoms with van der Waals surface area (Å²) in [7, 11) is 2.93. The van der Waals surface area contributed by atoms with Crippen LogP contribution in [0.25, 0.3) is 0 Å². The largest absolute Gasteiger partial charge is 0.493 e. The van der Waals surface area contributed by atoms with Crippen molar-refractivity contribution in [1.82, 2.24) is 15.1 Å². The average Bonchev–Trinajstić information content (AvgIpc) is 3.03. The molecule has 27 heavy (non-hydrogen) atoms. The van der Waals surface area contributed by atoms with E-state index in [-0.39, 0.29) is 5.91 Å². The molecule has 2 rings (SSSR count). The summed E-state index contributed by atoms with van der Waals surface area (Å²) in [5.74, 6) is 0.399. The number of ether oxygens (including phenoxy) is 2. The van der Waals surface area contributed by atoms with Crippen LogP contribution in [0.4, 0.5) is 4.39 Å². The predicted molar refractivity (Wildman–Crippen MR) is 102 cm³/mol. The molecule has 0 aliphatic carbocycles. The van der Waals surface area contributed by atoms with Crippen molar-refractivity contribution in [2.24, 2.45) is 5.92 Å². The summed E-state index contributed by atoms with van der Waals surface area (Å²) >= 11 is 0. The smallest absolute Gasteiger partial charge is 0.255 e. The van der Waals surface area contributed by atoms with E-state index in [1.54, 1.807) is 19.2 Å². The lowest BCUT2D eigenvalue weighted by Crippen LogP contribution is -2.28. The zero-order valence-corrected chi connectivity index (χ0v) is 16.8. The van der Waals surface area contributed by atoms with Crippen LogP contribution < -0.4 is 14.8 Å². The fraction of sp³-hybridized carbons (Fsp3) is 0.500. The Morgan fingerprint density at radius 3 is 2.41 bits per heavy atom. The molecule has 0 saturated carbocycles. The number of hydrogen-bond donors (Lipinski definition) is 1. The lowest BCUT2D eigenvalue weighted by Gasteiger charge is -2.18. The van der Waals surface area contributed by atoms with E-state index in [0.717, 1.165) is 12.2 Å². The number of rotatable bonds is 8. The number of benzene rings is 1. The van der Waals surface area contributed by atoms with Crippen LogP contribution in [0.15, 0.2) is 18.3 Å². The first-order chi connectivity index (χ1) is 12.8. The van der Waals surface area contributed by atoms with E-state index in [9.17, 15) is 9.18 Å². The second kappa shape index (κ2) is 8.88. The van der Waals surface area contributed by atoms with Gasteiger partial charge in [0.05, 0.1) is 37.7 Å². The zero-order valence-electron chi connectivity index (χ0n) is 16.8. The van der Waals surface area contributed by atoms with Gasteiger partial charge in [-0.1, -0.05) is 20.8 Å². The van der Waals surface area contributed by atoms with Crippen LogP contribution in [0.1, 0.15) is 55.4 Å². The van der Waals surface area contributed by atoms with Crippen molar-refractivity contribution in [3.8, 4) is 11.5 Å². The van der Waals surface area contributed by atoms with Crippen molar-refractivity contribution >= 4 is 5.91 Å². The molecular weight excluding hydrogens is 349 g/mol. The highest BCUT2D eigenvalue weighted by Crippen LogP contribution is 2.32. The molecule has 1 aromatic carbocycles. The van der Waals surface area contributed by atoms with Gasteiger partial charge in [0.25, 0.3) is 5.91 Å². The number of hydrogen-bond acceptors (Lipinski definition) is 4. The van der Waals surface area contributed by atoms with Crippen LogP contribution in [0, 0.1) is 11.7 Å². The number of aromatic nitrogens is 2. The third kappa shape index (κ3) is 4.59. The van der Waals surface area contributed by atoms with E-state index in [4.69, 9.17) is 9.47 Å². The minimum atomic E-state index is -0.546. The van der Waals surface area contributed by atoms with E-state index in [0.29, 0.717) is 35.0 Å². The number of nitrogens with zero attached hydrogens (tertiary/aromatic N) is 2. The summed E-state index contributed by atoms with van der Waals surface area (Å²) in [5, 5.41) is 7.20. The van der Waals surface area contributed by atoms with Gasteiger partial charge >= 0.3 is 0 Å². The van der Waals surface area contributed by atoms with Crippen molar-refractivity contribution in [3.05, 3.63) is 41.0 Å². The van der Waals surface area contributed by atoms with Gasteiger partial charge in [-0.2, -0.15) is 5.10 Å². The minimum absolute atomic E-state index is 0.274. The zero-order chi connectivity index (χ0) is 20.1. The molecule has 1 heterocycles. The van der Waals surface area contributed by atoms with Gasteiger partial charge in [0.1, 0.15) is 5.82 Å². The fourth-order valence-electron chi connectivity index (χ4n) is 3.03. The molecule has 0 saturated heterocycles. The first-order valence-corrected chi connectivity index (χ1v) is 9.09. The molecule has 1 aromatic heterocycles. The van der Waals surface area contributed by atoms with Crippen LogP contribution in [0.3, 0.4) is 0 Å². The minimum Gasteiger partial charge on any atom is -0.493 e. The topological polar surface area (TPSA) is 65.4 Å². The molecule has 1 atom stereocenters. The number of carbonyl (C=O) groups is 1. The summed E-state index contributed by atoms with van der Waals surface area (Å²) < 4.78 is 26.6. The normalized spacial score (nSPS) is 12.1. The van der Waals surface area contributed by atoms with Gasteiger partial charge in [0.2, 0.25) is 0 Å². The molecule has 0 aliphatic rings. The van der Waals surface area contributed by atoms with Gasteiger partial charge in [0, 0.05) is 18.2 Å². The summed E-state index contributed by atoms with van der Waals surface area (Å²) in [4.78, 5) is 12.8. The van der Waals surface area contributed by atoms with Crippen molar-refractivity contribution in [2.45, 2.75) is 46.7 Å². The lowest BCUT2D eigenvalue weighted by molar-refractivity contribution is 0.0938. The average molecular weight is 377 g/mol. The fourth-order valence-corrected chi connectivity index (χ4v) is 3.03. The van der Waals surface area contributed by atoms with Gasteiger partial charge in [0.15, 0.2) is 11.5 Å². The monoisotopic (exact) mass is 377 g/mol. The molecule has 6 nitrogen and oxygen atoms in total. The number of carbonyl (C=O) groups excluding carboxylic acids is 1. The molecule has 0 bridgehead atoms. The SMILES string of the molecule is CCc1c(C(=O)N[C@H](C)c2cc(OC)c(OC)cc2F)cnn1CC(C)C. The molecule has 2 aromatic rings. The quantitative estimate of drug-likeness (QED) is 0.761. The Bertz CT molecular complexity index is 802. The Hall–Kier alpha value is -2.57. The van der Waals surface area contributed by atoms with E-state index in [1.807, 2.05) is 11.6 Å². The van der Waals surface area contributed by atoms with E-state index in [1.165, 1.54) is 20.3 Å². The third-order valence-corrected chi connectivity index (χ3v) is 4.38. The molecule has 148 valence electrons. The van der Waals surface area contributed by atoms with E-state index in [2.05, 4.69) is 24.3 Å². The number of nitrogens with one attached hydrogen (secondary N) is 1. The van der Waals surface area contributed by atoms with Crippen LogP contribution in [0.2, 0.25) is 0 Å². The van der Waals surface area contributed by atoms with E-state index < -0.39 is 11.9 Å². The van der Waals surface area contributed by atoms with Crippen molar-refractivity contribution in [1.29, 1.82) is 0 Å². The van der Waals surface area contributed by atoms with Gasteiger partial charge in [-0.25, -0.2) is 4.39 Å². The third-order valence-electron chi connectivity index (χ3n) is 4.38. The number of methoxy groups -OCH3 is 2. The van der Waals surface area contributed by atoms with Gasteiger partial charge < -0.3 is 14.8 Å². The maximum absolute atomic E-state index is 14.4. The summed E-state index contributed by atoms with van der Waals surface area (Å²) in [5.41, 5.74) is 1.72. The maximum atomic E-state index is 14.4. The van der Waals surface area contributed by atoms with Crippen molar-refractivity contribution in [2.75, 3.05) is 14.2 Å². The molecule has 7 heteroatoms. The summed E-state index contributed by atoms with van der Waals surface area (Å²) in [6.45, 7) is 8.66. The Morgan fingerprint density at radius 1 is 1.22 bits per heavy atom. The molecule has 0 spiro atoms. The Kier molecular flexibility index (Phi) is 6.82.